The highest BCUT2D eigenvalue weighted by Gasteiger charge is 2.26. The first-order valence-corrected chi connectivity index (χ1v) is 4.84. The number of rotatable bonds is 4. The van der Waals surface area contributed by atoms with Crippen LogP contribution in [0.1, 0.15) is 34.6 Å². The van der Waals surface area contributed by atoms with Gasteiger partial charge in [0.1, 0.15) is 6.29 Å². The van der Waals surface area contributed by atoms with E-state index in [9.17, 15) is 4.79 Å². The number of hydrogen-bond donors (Lipinski definition) is 0. The van der Waals surface area contributed by atoms with E-state index in [1.807, 2.05) is 0 Å². The van der Waals surface area contributed by atoms with E-state index in [0.29, 0.717) is 5.92 Å². The summed E-state index contributed by atoms with van der Waals surface area (Å²) in [6.07, 6.45) is 0.910. The minimum atomic E-state index is -0.234. The van der Waals surface area contributed by atoms with Crippen LogP contribution >= 0.6 is 0 Å². The van der Waals surface area contributed by atoms with E-state index < -0.39 is 0 Å². The molecule has 0 fully saturated rings. The first-order chi connectivity index (χ1) is 5.79. The van der Waals surface area contributed by atoms with Crippen molar-refractivity contribution in [3.8, 4) is 0 Å². The predicted octanol–water partition coefficient (Wildman–Crippen LogP) is 2.14. The zero-order chi connectivity index (χ0) is 10.6. The minimum absolute atomic E-state index is 0.0115. The summed E-state index contributed by atoms with van der Waals surface area (Å²) in [6.45, 7) is 15.4. The van der Waals surface area contributed by atoms with Gasteiger partial charge in [-0.15, -0.1) is 0 Å². The Labute approximate surface area is 82.3 Å². The second-order valence-electron chi connectivity index (χ2n) is 4.92. The van der Waals surface area contributed by atoms with Gasteiger partial charge in [-0.3, -0.25) is 4.90 Å². The van der Waals surface area contributed by atoms with Crippen molar-refractivity contribution in [2.75, 3.05) is 6.54 Å². The Morgan fingerprint density at radius 2 is 1.85 bits per heavy atom. The fraction of sp³-hybridized carbons (Fsp3) is 0.818. The molecular weight excluding hydrogens is 162 g/mol. The lowest BCUT2D eigenvalue weighted by Crippen LogP contribution is -2.49. The third-order valence-electron chi connectivity index (χ3n) is 1.98. The van der Waals surface area contributed by atoms with E-state index in [1.165, 1.54) is 0 Å². The van der Waals surface area contributed by atoms with Crippen LogP contribution in [0.2, 0.25) is 0 Å². The summed E-state index contributed by atoms with van der Waals surface area (Å²) in [6, 6.07) is -0.234. The molecule has 0 bridgehead atoms. The first-order valence-electron chi connectivity index (χ1n) is 4.84. The smallest absolute Gasteiger partial charge is 0.137 e. The molecule has 0 amide bonds. The highest BCUT2D eigenvalue weighted by atomic mass is 16.1. The second-order valence-corrected chi connectivity index (χ2v) is 4.92. The average molecular weight is 184 g/mol. The Kier molecular flexibility index (Phi) is 4.62. The van der Waals surface area contributed by atoms with Gasteiger partial charge in [0.2, 0.25) is 0 Å². The van der Waals surface area contributed by atoms with Gasteiger partial charge < -0.3 is 4.79 Å². The summed E-state index contributed by atoms with van der Waals surface area (Å²) >= 11 is 0. The lowest BCUT2D eigenvalue weighted by atomic mass is 10.0. The van der Waals surface area contributed by atoms with Crippen molar-refractivity contribution < 1.29 is 4.79 Å². The molecule has 0 N–H and O–H groups in total. The molecule has 0 aromatic carbocycles. The van der Waals surface area contributed by atoms with Crippen molar-refractivity contribution in [1.82, 2.24) is 4.90 Å². The van der Waals surface area contributed by atoms with Crippen LogP contribution in [0.3, 0.4) is 0 Å². The molecule has 0 rings (SSSR count). The van der Waals surface area contributed by atoms with Gasteiger partial charge in [-0.05, 0) is 33.6 Å². The van der Waals surface area contributed by atoms with Crippen LogP contribution in [0.5, 0.6) is 0 Å². The van der Waals surface area contributed by atoms with Crippen LogP contribution in [0.15, 0.2) is 0 Å². The maximum Gasteiger partial charge on any atom is 0.137 e. The average Bonchev–Trinajstić information content (AvgIpc) is 1.96. The molecule has 2 nitrogen and oxygen atoms in total. The van der Waals surface area contributed by atoms with Gasteiger partial charge in [-0.1, -0.05) is 13.8 Å². The molecule has 0 aliphatic carbocycles. The highest BCUT2D eigenvalue weighted by molar-refractivity contribution is 5.58. The quantitative estimate of drug-likeness (QED) is 0.624. The highest BCUT2D eigenvalue weighted by Crippen LogP contribution is 2.17. The number of carbonyl (C=O) groups excluding carboxylic acids is 1. The van der Waals surface area contributed by atoms with Crippen LogP contribution in [-0.4, -0.2) is 29.3 Å². The Hall–Kier alpha value is -0.370. The molecule has 1 radical (unpaired) electrons. The van der Waals surface area contributed by atoms with Gasteiger partial charge in [0, 0.05) is 12.1 Å². The molecule has 0 saturated heterocycles. The van der Waals surface area contributed by atoms with Gasteiger partial charge in [-0.2, -0.15) is 0 Å². The van der Waals surface area contributed by atoms with E-state index >= 15 is 0 Å². The SMILES string of the molecule is [CH2]C(C=O)N(CC(C)C)C(C)(C)C. The number of hydrogen-bond acceptors (Lipinski definition) is 2. The predicted molar refractivity (Wildman–Crippen MR) is 56.5 cm³/mol. The van der Waals surface area contributed by atoms with Crippen LogP contribution in [0.25, 0.3) is 0 Å². The van der Waals surface area contributed by atoms with Gasteiger partial charge >= 0.3 is 0 Å². The topological polar surface area (TPSA) is 20.3 Å². The number of aldehydes is 1. The third kappa shape index (κ3) is 4.41. The normalized spacial score (nSPS) is 15.1. The molecule has 13 heavy (non-hydrogen) atoms. The van der Waals surface area contributed by atoms with Crippen molar-refractivity contribution in [1.29, 1.82) is 0 Å². The summed E-state index contributed by atoms with van der Waals surface area (Å²) in [7, 11) is 0. The van der Waals surface area contributed by atoms with Gasteiger partial charge in [0.05, 0.1) is 6.04 Å². The molecule has 0 spiro atoms. The first kappa shape index (κ1) is 12.6. The van der Waals surface area contributed by atoms with Crippen LogP contribution in [0.4, 0.5) is 0 Å². The van der Waals surface area contributed by atoms with Crippen LogP contribution < -0.4 is 0 Å². The monoisotopic (exact) mass is 184 g/mol. The molecule has 1 atom stereocenters. The zero-order valence-corrected chi connectivity index (χ0v) is 9.50. The lowest BCUT2D eigenvalue weighted by molar-refractivity contribution is -0.113. The molecule has 0 aromatic heterocycles. The standard InChI is InChI=1S/C11H22NO/c1-9(2)7-12(10(3)8-13)11(4,5)6/h8-10H,3,7H2,1-2,4-6H3. The van der Waals surface area contributed by atoms with Crippen molar-refractivity contribution >= 4 is 6.29 Å². The Morgan fingerprint density at radius 3 is 2.08 bits per heavy atom. The Balaban J connectivity index is 4.46. The van der Waals surface area contributed by atoms with E-state index in [0.717, 1.165) is 12.8 Å². The molecule has 0 aliphatic heterocycles. The van der Waals surface area contributed by atoms with Gasteiger partial charge in [-0.25, -0.2) is 0 Å². The van der Waals surface area contributed by atoms with Crippen molar-refractivity contribution in [2.24, 2.45) is 5.92 Å². The van der Waals surface area contributed by atoms with Crippen LogP contribution in [0, 0.1) is 12.8 Å². The molecular formula is C11H22NO. The molecule has 0 saturated carbocycles. The van der Waals surface area contributed by atoms with E-state index in [-0.39, 0.29) is 11.6 Å². The van der Waals surface area contributed by atoms with Crippen molar-refractivity contribution in [2.45, 2.75) is 46.2 Å². The van der Waals surface area contributed by atoms with E-state index in [4.69, 9.17) is 0 Å². The molecule has 1 unspecified atom stereocenters. The molecule has 2 heteroatoms. The third-order valence-corrected chi connectivity index (χ3v) is 1.98. The van der Waals surface area contributed by atoms with Crippen LogP contribution in [-0.2, 0) is 4.79 Å². The lowest BCUT2D eigenvalue weighted by Gasteiger charge is -2.39. The van der Waals surface area contributed by atoms with E-state index in [1.54, 1.807) is 0 Å². The Morgan fingerprint density at radius 1 is 1.38 bits per heavy atom. The minimum Gasteiger partial charge on any atom is -0.302 e. The zero-order valence-electron chi connectivity index (χ0n) is 9.50. The maximum atomic E-state index is 10.7. The second kappa shape index (κ2) is 4.75. The fourth-order valence-corrected chi connectivity index (χ4v) is 1.37. The maximum absolute atomic E-state index is 10.7. The Bertz CT molecular complexity index is 158. The fourth-order valence-electron chi connectivity index (χ4n) is 1.37. The summed E-state index contributed by atoms with van der Waals surface area (Å²) in [5, 5.41) is 0. The molecule has 0 aliphatic rings. The summed E-state index contributed by atoms with van der Waals surface area (Å²) < 4.78 is 0. The summed E-state index contributed by atoms with van der Waals surface area (Å²) in [4.78, 5) is 12.8. The van der Waals surface area contributed by atoms with E-state index in [2.05, 4.69) is 46.4 Å². The number of carbonyl (C=O) groups is 1. The summed E-state index contributed by atoms with van der Waals surface area (Å²) in [5.41, 5.74) is 0.0115. The van der Waals surface area contributed by atoms with Gasteiger partial charge in [0.15, 0.2) is 0 Å². The summed E-state index contributed by atoms with van der Waals surface area (Å²) in [5.74, 6) is 0.559. The van der Waals surface area contributed by atoms with Crippen molar-refractivity contribution in [3.63, 3.8) is 0 Å². The number of nitrogens with zero attached hydrogens (tertiary/aromatic N) is 1. The molecule has 0 heterocycles. The van der Waals surface area contributed by atoms with Gasteiger partial charge in [0.25, 0.3) is 0 Å². The largest absolute Gasteiger partial charge is 0.302 e. The van der Waals surface area contributed by atoms with Crippen molar-refractivity contribution in [3.05, 3.63) is 6.92 Å². The molecule has 0 aromatic rings. The molecule has 77 valence electrons.